The Morgan fingerprint density at radius 3 is 2.69 bits per heavy atom. The second kappa shape index (κ2) is 4.15. The first-order chi connectivity index (χ1) is 6.07. The van der Waals surface area contributed by atoms with Crippen molar-refractivity contribution in [2.45, 2.75) is 6.43 Å². The van der Waals surface area contributed by atoms with Crippen LogP contribution in [0.15, 0.2) is 6.20 Å². The summed E-state index contributed by atoms with van der Waals surface area (Å²) in [6.07, 6.45) is -1.72. The molecule has 0 aliphatic heterocycles. The molecular weight excluding hydrogens is 312 g/mol. The van der Waals surface area contributed by atoms with E-state index in [2.05, 4.69) is 4.98 Å². The molecule has 0 aromatic carbocycles. The van der Waals surface area contributed by atoms with Crippen molar-refractivity contribution in [2.24, 2.45) is 0 Å². The van der Waals surface area contributed by atoms with E-state index in [1.165, 1.54) is 0 Å². The Morgan fingerprint density at radius 2 is 2.23 bits per heavy atom. The van der Waals surface area contributed by atoms with Crippen LogP contribution in [-0.4, -0.2) is 4.98 Å². The van der Waals surface area contributed by atoms with Gasteiger partial charge in [-0.2, -0.15) is 5.26 Å². The van der Waals surface area contributed by atoms with Gasteiger partial charge in [0.2, 0.25) is 0 Å². The average molecular weight is 314 g/mol. The third kappa shape index (κ3) is 2.06. The Kier molecular flexibility index (Phi) is 3.39. The van der Waals surface area contributed by atoms with Crippen molar-refractivity contribution in [1.29, 1.82) is 5.26 Å². The summed E-state index contributed by atoms with van der Waals surface area (Å²) in [6, 6.07) is 1.72. The molecule has 0 N–H and O–H groups in total. The lowest BCUT2D eigenvalue weighted by Gasteiger charge is -2.04. The van der Waals surface area contributed by atoms with E-state index >= 15 is 0 Å². The minimum absolute atomic E-state index is 0.0000617. The molecule has 1 heterocycles. The van der Waals surface area contributed by atoms with Crippen LogP contribution in [0.5, 0.6) is 0 Å². The van der Waals surface area contributed by atoms with E-state index in [0.29, 0.717) is 3.70 Å². The Hall–Kier alpha value is -0.480. The number of hydrogen-bond acceptors (Lipinski definition) is 2. The van der Waals surface area contributed by atoms with Gasteiger partial charge in [0.25, 0.3) is 6.43 Å². The second-order valence-corrected chi connectivity index (χ2v) is 3.51. The highest BCUT2D eigenvalue weighted by Gasteiger charge is 2.17. The van der Waals surface area contributed by atoms with E-state index < -0.39 is 12.0 Å². The zero-order chi connectivity index (χ0) is 10.0. The predicted octanol–water partition coefficient (Wildman–Crippen LogP) is 3.15. The van der Waals surface area contributed by atoms with Gasteiger partial charge in [-0.3, -0.25) is 0 Å². The predicted molar refractivity (Wildman–Crippen MR) is 51.6 cm³/mol. The van der Waals surface area contributed by atoms with Gasteiger partial charge in [0.1, 0.15) is 15.3 Å². The van der Waals surface area contributed by atoms with Gasteiger partial charge in [-0.15, -0.1) is 0 Å². The zero-order valence-corrected chi connectivity index (χ0v) is 8.97. The molecule has 0 radical (unpaired) electrons. The number of hydrogen-bond donors (Lipinski definition) is 0. The maximum atomic E-state index is 12.2. The largest absolute Gasteiger partial charge is 0.266 e. The smallest absolute Gasteiger partial charge is 0.248 e. The molecule has 68 valence electrons. The van der Waals surface area contributed by atoms with Crippen LogP contribution in [0.3, 0.4) is 0 Å². The number of halogens is 4. The summed E-state index contributed by atoms with van der Waals surface area (Å²) in [5.41, 5.74) is -0.404. The topological polar surface area (TPSA) is 36.7 Å². The molecule has 6 heteroatoms. The van der Waals surface area contributed by atoms with E-state index in [4.69, 9.17) is 16.9 Å². The van der Waals surface area contributed by atoms with E-state index in [9.17, 15) is 8.78 Å². The Bertz CT molecular complexity index is 375. The molecule has 0 aliphatic carbocycles. The zero-order valence-electron chi connectivity index (χ0n) is 6.06. The second-order valence-electron chi connectivity index (χ2n) is 2.11. The average Bonchev–Trinajstić information content (AvgIpc) is 2.04. The van der Waals surface area contributed by atoms with Crippen LogP contribution >= 0.6 is 34.2 Å². The van der Waals surface area contributed by atoms with Crippen molar-refractivity contribution in [3.05, 3.63) is 26.0 Å². The molecule has 0 unspecified atom stereocenters. The number of aromatic nitrogens is 1. The fourth-order valence-electron chi connectivity index (χ4n) is 0.730. The fraction of sp³-hybridized carbons (Fsp3) is 0.143. The van der Waals surface area contributed by atoms with Crippen molar-refractivity contribution in [3.63, 3.8) is 0 Å². The molecule has 1 aromatic heterocycles. The van der Waals surface area contributed by atoms with E-state index in [1.54, 1.807) is 28.7 Å². The van der Waals surface area contributed by atoms with Gasteiger partial charge in [-0.25, -0.2) is 13.8 Å². The van der Waals surface area contributed by atoms with Crippen molar-refractivity contribution < 1.29 is 8.78 Å². The summed E-state index contributed by atoms with van der Waals surface area (Å²) in [7, 11) is 0. The van der Waals surface area contributed by atoms with Crippen LogP contribution in [0.4, 0.5) is 8.78 Å². The SMILES string of the molecule is N#Cc1c(I)ncc(C(F)F)c1Cl. The molecule has 1 rings (SSSR count). The highest BCUT2D eigenvalue weighted by molar-refractivity contribution is 14.1. The van der Waals surface area contributed by atoms with Crippen LogP contribution < -0.4 is 0 Å². The molecule has 0 bridgehead atoms. The van der Waals surface area contributed by atoms with Crippen LogP contribution in [0.1, 0.15) is 17.6 Å². The van der Waals surface area contributed by atoms with Crippen molar-refractivity contribution in [1.82, 2.24) is 4.98 Å². The van der Waals surface area contributed by atoms with Gasteiger partial charge in [-0.1, -0.05) is 11.6 Å². The molecule has 0 fully saturated rings. The van der Waals surface area contributed by atoms with Crippen molar-refractivity contribution >= 4 is 34.2 Å². The summed E-state index contributed by atoms with van der Waals surface area (Å²) in [5, 5.41) is 8.37. The maximum Gasteiger partial charge on any atom is 0.266 e. The summed E-state index contributed by atoms with van der Waals surface area (Å²) >= 11 is 7.33. The first-order valence-electron chi connectivity index (χ1n) is 3.10. The maximum absolute atomic E-state index is 12.2. The molecular formula is C7H2ClF2IN2. The first kappa shape index (κ1) is 10.6. The highest BCUT2D eigenvalue weighted by atomic mass is 127. The van der Waals surface area contributed by atoms with E-state index in [-0.39, 0.29) is 10.6 Å². The molecule has 0 saturated heterocycles. The van der Waals surface area contributed by atoms with Crippen LogP contribution in [0, 0.1) is 15.0 Å². The number of nitriles is 1. The lowest BCUT2D eigenvalue weighted by atomic mass is 10.2. The molecule has 0 amide bonds. The summed E-state index contributed by atoms with van der Waals surface area (Å²) < 4.78 is 24.8. The lowest BCUT2D eigenvalue weighted by Crippen LogP contribution is -1.95. The third-order valence-electron chi connectivity index (χ3n) is 1.34. The summed E-state index contributed by atoms with van der Waals surface area (Å²) in [4.78, 5) is 3.63. The molecule has 0 saturated carbocycles. The van der Waals surface area contributed by atoms with Gasteiger partial charge < -0.3 is 0 Å². The lowest BCUT2D eigenvalue weighted by molar-refractivity contribution is 0.151. The van der Waals surface area contributed by atoms with Gasteiger partial charge in [0.05, 0.1) is 10.6 Å². The normalized spacial score (nSPS) is 10.2. The first-order valence-corrected chi connectivity index (χ1v) is 4.55. The van der Waals surface area contributed by atoms with Crippen LogP contribution in [0.25, 0.3) is 0 Å². The molecule has 0 spiro atoms. The minimum Gasteiger partial charge on any atom is -0.248 e. The summed E-state index contributed by atoms with van der Waals surface area (Å²) in [6.45, 7) is 0. The van der Waals surface area contributed by atoms with Crippen molar-refractivity contribution in [3.8, 4) is 6.07 Å². The molecule has 0 aliphatic rings. The van der Waals surface area contributed by atoms with Gasteiger partial charge in [-0.05, 0) is 22.6 Å². The number of alkyl halides is 2. The number of pyridine rings is 1. The minimum atomic E-state index is -2.70. The van der Waals surface area contributed by atoms with Crippen molar-refractivity contribution in [2.75, 3.05) is 0 Å². The van der Waals surface area contributed by atoms with Crippen LogP contribution in [-0.2, 0) is 0 Å². The molecule has 2 nitrogen and oxygen atoms in total. The quantitative estimate of drug-likeness (QED) is 0.590. The Labute approximate surface area is 91.7 Å². The molecule has 1 aromatic rings. The standard InChI is InChI=1S/C7H2ClF2IN2/c8-5-3(1-12)7(11)13-2-4(5)6(9)10/h2,6H. The van der Waals surface area contributed by atoms with Gasteiger partial charge >= 0.3 is 0 Å². The Balaban J connectivity index is 3.38. The van der Waals surface area contributed by atoms with Gasteiger partial charge in [0, 0.05) is 6.20 Å². The fourth-order valence-corrected chi connectivity index (χ4v) is 1.68. The Morgan fingerprint density at radius 1 is 1.62 bits per heavy atom. The molecule has 13 heavy (non-hydrogen) atoms. The molecule has 0 atom stereocenters. The number of rotatable bonds is 1. The van der Waals surface area contributed by atoms with E-state index in [1.807, 2.05) is 0 Å². The van der Waals surface area contributed by atoms with Crippen LogP contribution in [0.2, 0.25) is 5.02 Å². The monoisotopic (exact) mass is 314 g/mol. The highest BCUT2D eigenvalue weighted by Crippen LogP contribution is 2.30. The third-order valence-corrected chi connectivity index (χ3v) is 2.57. The van der Waals surface area contributed by atoms with E-state index in [0.717, 1.165) is 6.20 Å². The number of nitrogens with zero attached hydrogens (tertiary/aromatic N) is 2. The van der Waals surface area contributed by atoms with Gasteiger partial charge in [0.15, 0.2) is 0 Å². The summed E-state index contributed by atoms with van der Waals surface area (Å²) in [5.74, 6) is 0.